The number of hydrogen-bond acceptors (Lipinski definition) is 6. The topological polar surface area (TPSA) is 101 Å². The first kappa shape index (κ1) is 17.4. The largest absolute Gasteiger partial charge is 0.345 e. The molecule has 29 heavy (non-hydrogen) atoms. The standard InChI is InChI=1S/C20H17N7OS/c1-27-18(8-9-22-27)26-20-25-15-7-6-12(10-16(15)29-20)19(28)21-11-17-23-13-4-2-3-5-14(13)24-17/h2-10H,11H2,1H3,(H,21,28)(H,23,24)(H,25,26). The average Bonchev–Trinajstić information content (AvgIpc) is 3.43. The van der Waals surface area contributed by atoms with Crippen molar-refractivity contribution in [1.29, 1.82) is 0 Å². The van der Waals surface area contributed by atoms with Crippen LogP contribution in [0.15, 0.2) is 54.7 Å². The van der Waals surface area contributed by atoms with Crippen LogP contribution in [0.3, 0.4) is 0 Å². The lowest BCUT2D eigenvalue weighted by Crippen LogP contribution is -2.23. The number of aromatic nitrogens is 5. The highest BCUT2D eigenvalue weighted by molar-refractivity contribution is 7.22. The summed E-state index contributed by atoms with van der Waals surface area (Å²) in [6.07, 6.45) is 1.72. The number of aryl methyl sites for hydroxylation is 1. The Kier molecular flexibility index (Phi) is 4.21. The molecule has 0 fully saturated rings. The maximum absolute atomic E-state index is 12.6. The molecule has 0 aliphatic carbocycles. The highest BCUT2D eigenvalue weighted by Crippen LogP contribution is 2.29. The molecule has 1 amide bonds. The molecule has 3 aromatic heterocycles. The summed E-state index contributed by atoms with van der Waals surface area (Å²) >= 11 is 1.49. The third-order valence-corrected chi connectivity index (χ3v) is 5.49. The molecule has 5 aromatic rings. The van der Waals surface area contributed by atoms with Crippen LogP contribution < -0.4 is 10.6 Å². The number of aromatic amines is 1. The van der Waals surface area contributed by atoms with E-state index < -0.39 is 0 Å². The van der Waals surface area contributed by atoms with Crippen molar-refractivity contribution in [2.75, 3.05) is 5.32 Å². The molecule has 3 N–H and O–H groups in total. The number of rotatable bonds is 5. The van der Waals surface area contributed by atoms with Crippen molar-refractivity contribution in [3.05, 3.63) is 66.1 Å². The van der Waals surface area contributed by atoms with Gasteiger partial charge in [-0.1, -0.05) is 23.5 Å². The van der Waals surface area contributed by atoms with E-state index in [2.05, 4.69) is 30.7 Å². The Bertz CT molecular complexity index is 1300. The first-order valence-corrected chi connectivity index (χ1v) is 9.85. The fraction of sp³-hybridized carbons (Fsp3) is 0.100. The van der Waals surface area contributed by atoms with Crippen LogP contribution in [0.25, 0.3) is 21.3 Å². The van der Waals surface area contributed by atoms with Gasteiger partial charge in [0, 0.05) is 18.7 Å². The molecule has 144 valence electrons. The van der Waals surface area contributed by atoms with E-state index in [-0.39, 0.29) is 5.91 Å². The molecule has 0 unspecified atom stereocenters. The third kappa shape index (κ3) is 3.43. The van der Waals surface area contributed by atoms with Gasteiger partial charge in [0.15, 0.2) is 5.13 Å². The smallest absolute Gasteiger partial charge is 0.251 e. The third-order valence-electron chi connectivity index (χ3n) is 4.56. The van der Waals surface area contributed by atoms with Crippen LogP contribution in [0.4, 0.5) is 10.9 Å². The predicted octanol–water partition coefficient (Wildman–Crippen LogP) is 3.58. The van der Waals surface area contributed by atoms with Gasteiger partial charge < -0.3 is 15.6 Å². The summed E-state index contributed by atoms with van der Waals surface area (Å²) in [5.74, 6) is 1.43. The molecule has 3 heterocycles. The summed E-state index contributed by atoms with van der Waals surface area (Å²) < 4.78 is 2.68. The lowest BCUT2D eigenvalue weighted by atomic mass is 10.2. The molecule has 0 radical (unpaired) electrons. The second kappa shape index (κ2) is 7.02. The van der Waals surface area contributed by atoms with Crippen LogP contribution >= 0.6 is 11.3 Å². The Morgan fingerprint density at radius 1 is 1.14 bits per heavy atom. The SMILES string of the molecule is Cn1nccc1Nc1nc2ccc(C(=O)NCc3nc4ccccc4[nH]3)cc2s1. The molecule has 2 aromatic carbocycles. The Balaban J connectivity index is 1.31. The van der Waals surface area contributed by atoms with Crippen LogP contribution in [-0.2, 0) is 13.6 Å². The molecule has 5 rings (SSSR count). The lowest BCUT2D eigenvalue weighted by molar-refractivity contribution is 0.0950. The minimum atomic E-state index is -0.151. The molecule has 0 aliphatic heterocycles. The minimum Gasteiger partial charge on any atom is -0.345 e. The Morgan fingerprint density at radius 2 is 2.03 bits per heavy atom. The van der Waals surface area contributed by atoms with Crippen molar-refractivity contribution < 1.29 is 4.79 Å². The number of para-hydroxylation sites is 2. The van der Waals surface area contributed by atoms with Gasteiger partial charge in [0.25, 0.3) is 5.91 Å². The van der Waals surface area contributed by atoms with Gasteiger partial charge in [-0.3, -0.25) is 9.48 Å². The summed E-state index contributed by atoms with van der Waals surface area (Å²) in [5.41, 5.74) is 3.27. The lowest BCUT2D eigenvalue weighted by Gasteiger charge is -2.03. The van der Waals surface area contributed by atoms with Gasteiger partial charge in [0.1, 0.15) is 11.6 Å². The predicted molar refractivity (Wildman–Crippen MR) is 113 cm³/mol. The minimum absolute atomic E-state index is 0.151. The Morgan fingerprint density at radius 3 is 2.86 bits per heavy atom. The van der Waals surface area contributed by atoms with E-state index in [1.807, 2.05) is 49.5 Å². The fourth-order valence-corrected chi connectivity index (χ4v) is 3.99. The van der Waals surface area contributed by atoms with E-state index in [4.69, 9.17) is 0 Å². The van der Waals surface area contributed by atoms with E-state index >= 15 is 0 Å². The number of H-pyrrole nitrogens is 1. The van der Waals surface area contributed by atoms with Crippen molar-refractivity contribution in [3.8, 4) is 0 Å². The molecule has 0 saturated heterocycles. The highest BCUT2D eigenvalue weighted by atomic mass is 32.1. The van der Waals surface area contributed by atoms with Crippen LogP contribution in [0.2, 0.25) is 0 Å². The number of nitrogens with zero attached hydrogens (tertiary/aromatic N) is 4. The number of hydrogen-bond donors (Lipinski definition) is 3. The second-order valence-corrected chi connectivity index (χ2v) is 7.58. The van der Waals surface area contributed by atoms with E-state index in [0.717, 1.165) is 38.0 Å². The van der Waals surface area contributed by atoms with Gasteiger partial charge in [-0.2, -0.15) is 5.10 Å². The van der Waals surface area contributed by atoms with Crippen LogP contribution in [0, 0.1) is 0 Å². The van der Waals surface area contributed by atoms with E-state index in [1.54, 1.807) is 16.9 Å². The molecule has 9 heteroatoms. The average molecular weight is 403 g/mol. The van der Waals surface area contributed by atoms with Crippen molar-refractivity contribution in [1.82, 2.24) is 30.0 Å². The number of carbonyl (C=O) groups excluding carboxylic acids is 1. The quantitative estimate of drug-likeness (QED) is 0.416. The van der Waals surface area contributed by atoms with Gasteiger partial charge in [0.05, 0.1) is 34.0 Å². The Labute approximate surface area is 169 Å². The zero-order valence-electron chi connectivity index (χ0n) is 15.5. The van der Waals surface area contributed by atoms with Gasteiger partial charge >= 0.3 is 0 Å². The molecule has 0 spiro atoms. The normalized spacial score (nSPS) is 11.2. The Hall–Kier alpha value is -3.72. The molecule has 0 bridgehead atoms. The number of benzene rings is 2. The highest BCUT2D eigenvalue weighted by Gasteiger charge is 2.11. The molecular formula is C20H17N7OS. The molecule has 0 atom stereocenters. The summed E-state index contributed by atoms with van der Waals surface area (Å²) in [5, 5.41) is 11.0. The number of amides is 1. The van der Waals surface area contributed by atoms with Crippen molar-refractivity contribution in [2.45, 2.75) is 6.54 Å². The van der Waals surface area contributed by atoms with Gasteiger partial charge in [-0.25, -0.2) is 9.97 Å². The number of carbonyl (C=O) groups is 1. The number of fused-ring (bicyclic) bond motifs is 2. The monoisotopic (exact) mass is 403 g/mol. The van der Waals surface area contributed by atoms with Gasteiger partial charge in [-0.15, -0.1) is 0 Å². The van der Waals surface area contributed by atoms with Crippen LogP contribution in [0.1, 0.15) is 16.2 Å². The van der Waals surface area contributed by atoms with E-state index in [0.29, 0.717) is 12.1 Å². The second-order valence-electron chi connectivity index (χ2n) is 6.55. The summed E-state index contributed by atoms with van der Waals surface area (Å²) in [6.45, 7) is 0.335. The summed E-state index contributed by atoms with van der Waals surface area (Å²) in [4.78, 5) is 24.8. The maximum Gasteiger partial charge on any atom is 0.251 e. The number of thiazole rings is 1. The number of anilines is 2. The van der Waals surface area contributed by atoms with Crippen LogP contribution in [0.5, 0.6) is 0 Å². The number of nitrogens with one attached hydrogen (secondary N) is 3. The number of imidazole rings is 1. The molecule has 0 saturated carbocycles. The molecular weight excluding hydrogens is 386 g/mol. The summed E-state index contributed by atoms with van der Waals surface area (Å²) in [6, 6.07) is 15.2. The van der Waals surface area contributed by atoms with Gasteiger partial charge in [-0.05, 0) is 30.3 Å². The first-order valence-electron chi connectivity index (χ1n) is 9.03. The zero-order valence-corrected chi connectivity index (χ0v) is 16.3. The van der Waals surface area contributed by atoms with E-state index in [9.17, 15) is 4.79 Å². The fourth-order valence-electron chi connectivity index (χ4n) is 3.08. The van der Waals surface area contributed by atoms with Crippen molar-refractivity contribution >= 4 is 49.4 Å². The summed E-state index contributed by atoms with van der Waals surface area (Å²) in [7, 11) is 1.86. The van der Waals surface area contributed by atoms with Crippen molar-refractivity contribution in [2.24, 2.45) is 7.05 Å². The van der Waals surface area contributed by atoms with Crippen LogP contribution in [-0.4, -0.2) is 30.6 Å². The van der Waals surface area contributed by atoms with E-state index in [1.165, 1.54) is 11.3 Å². The molecule has 0 aliphatic rings. The maximum atomic E-state index is 12.6. The zero-order chi connectivity index (χ0) is 19.8. The molecule has 8 nitrogen and oxygen atoms in total. The first-order chi connectivity index (χ1) is 14.2. The van der Waals surface area contributed by atoms with Crippen molar-refractivity contribution in [3.63, 3.8) is 0 Å². The van der Waals surface area contributed by atoms with Gasteiger partial charge in [0.2, 0.25) is 0 Å².